The monoisotopic (exact) mass is 515 g/mol. The summed E-state index contributed by atoms with van der Waals surface area (Å²) < 4.78 is 2.02. The smallest absolute Gasteiger partial charge is 0.192 e. The van der Waals surface area contributed by atoms with Crippen LogP contribution in [0.2, 0.25) is 0 Å². The van der Waals surface area contributed by atoms with Crippen LogP contribution in [-0.4, -0.2) is 57.3 Å². The number of halogens is 1. The lowest BCUT2D eigenvalue weighted by Gasteiger charge is -2.23. The minimum absolute atomic E-state index is 0. The van der Waals surface area contributed by atoms with Gasteiger partial charge in [0.05, 0.1) is 0 Å². The van der Waals surface area contributed by atoms with Crippen molar-refractivity contribution in [2.75, 3.05) is 19.6 Å². The highest BCUT2D eigenvalue weighted by molar-refractivity contribution is 14.0. The summed E-state index contributed by atoms with van der Waals surface area (Å²) in [6, 6.07) is 1.05. The van der Waals surface area contributed by atoms with Crippen LogP contribution in [-0.2, 0) is 13.6 Å². The molecule has 1 atom stereocenters. The van der Waals surface area contributed by atoms with E-state index in [4.69, 9.17) is 4.99 Å². The van der Waals surface area contributed by atoms with Crippen LogP contribution in [0.1, 0.15) is 69.4 Å². The predicted octanol–water partition coefficient (Wildman–Crippen LogP) is 2.98. The molecule has 8 heteroatoms. The molecule has 1 saturated heterocycles. The molecule has 2 aliphatic carbocycles. The Bertz CT molecular complexity index is 662. The Kier molecular flexibility index (Phi) is 8.58. The van der Waals surface area contributed by atoms with E-state index in [1.807, 2.05) is 18.5 Å². The Morgan fingerprint density at radius 2 is 1.69 bits per heavy atom. The summed E-state index contributed by atoms with van der Waals surface area (Å²) in [4.78, 5) is 7.54. The molecule has 0 bridgehead atoms. The zero-order valence-electron chi connectivity index (χ0n) is 18.1. The van der Waals surface area contributed by atoms with Crippen LogP contribution in [0.3, 0.4) is 0 Å². The van der Waals surface area contributed by atoms with Crippen molar-refractivity contribution in [3.8, 4) is 0 Å². The molecule has 29 heavy (non-hydrogen) atoms. The van der Waals surface area contributed by atoms with Crippen molar-refractivity contribution in [2.24, 2.45) is 18.0 Å². The summed E-state index contributed by atoms with van der Waals surface area (Å²) in [5, 5.41) is 15.8. The van der Waals surface area contributed by atoms with Gasteiger partial charge in [0.1, 0.15) is 12.4 Å². The molecule has 3 aliphatic rings. The van der Waals surface area contributed by atoms with Crippen LogP contribution in [0.5, 0.6) is 0 Å². The minimum atomic E-state index is 0. The highest BCUT2D eigenvalue weighted by Crippen LogP contribution is 2.26. The van der Waals surface area contributed by atoms with E-state index in [2.05, 4.69) is 25.7 Å². The molecule has 1 aromatic rings. The van der Waals surface area contributed by atoms with E-state index in [1.54, 1.807) is 0 Å². The lowest BCUT2D eigenvalue weighted by Crippen LogP contribution is -2.47. The topological polar surface area (TPSA) is 70.4 Å². The lowest BCUT2D eigenvalue weighted by atomic mass is 10.1. The first-order valence-corrected chi connectivity index (χ1v) is 11.3. The molecule has 164 valence electrons. The third-order valence-electron chi connectivity index (χ3n) is 6.86. The van der Waals surface area contributed by atoms with Crippen molar-refractivity contribution in [1.29, 1.82) is 0 Å². The van der Waals surface area contributed by atoms with E-state index in [1.165, 1.54) is 70.9 Å². The first kappa shape index (κ1) is 22.8. The number of nitrogens with zero attached hydrogens (tertiary/aromatic N) is 5. The molecule has 1 aliphatic heterocycles. The van der Waals surface area contributed by atoms with E-state index >= 15 is 0 Å². The molecule has 4 rings (SSSR count). The van der Waals surface area contributed by atoms with E-state index in [-0.39, 0.29) is 24.0 Å². The third-order valence-corrected chi connectivity index (χ3v) is 6.86. The van der Waals surface area contributed by atoms with Crippen LogP contribution < -0.4 is 10.6 Å². The fraction of sp³-hybridized carbons (Fsp3) is 0.857. The number of hydrogen-bond acceptors (Lipinski definition) is 4. The van der Waals surface area contributed by atoms with E-state index in [0.717, 1.165) is 30.1 Å². The van der Waals surface area contributed by atoms with Gasteiger partial charge in [-0.15, -0.1) is 34.2 Å². The molecule has 2 heterocycles. The molecule has 0 amide bonds. The zero-order chi connectivity index (χ0) is 19.3. The van der Waals surface area contributed by atoms with Gasteiger partial charge in [0.25, 0.3) is 0 Å². The summed E-state index contributed by atoms with van der Waals surface area (Å²) in [5.74, 6) is 3.74. The van der Waals surface area contributed by atoms with Crippen LogP contribution in [0.25, 0.3) is 0 Å². The quantitative estimate of drug-likeness (QED) is 0.347. The Hall–Kier alpha value is -0.900. The molecular weight excluding hydrogens is 477 g/mol. The van der Waals surface area contributed by atoms with Gasteiger partial charge >= 0.3 is 0 Å². The first-order chi connectivity index (χ1) is 13.7. The summed E-state index contributed by atoms with van der Waals surface area (Å²) in [6.45, 7) is 6.20. The molecule has 3 fully saturated rings. The van der Waals surface area contributed by atoms with Gasteiger partial charge in [-0.25, -0.2) is 4.99 Å². The van der Waals surface area contributed by atoms with E-state index in [9.17, 15) is 0 Å². The van der Waals surface area contributed by atoms with Gasteiger partial charge in [0.15, 0.2) is 11.8 Å². The molecule has 1 unspecified atom stereocenters. The highest BCUT2D eigenvalue weighted by atomic mass is 127. The fourth-order valence-corrected chi connectivity index (χ4v) is 5.00. The van der Waals surface area contributed by atoms with Crippen LogP contribution in [0, 0.1) is 12.8 Å². The molecule has 7 nitrogen and oxygen atoms in total. The van der Waals surface area contributed by atoms with Gasteiger partial charge < -0.3 is 20.1 Å². The second-order valence-electron chi connectivity index (χ2n) is 9.05. The van der Waals surface area contributed by atoms with Gasteiger partial charge in [0, 0.05) is 38.8 Å². The van der Waals surface area contributed by atoms with Crippen molar-refractivity contribution in [2.45, 2.75) is 83.3 Å². The van der Waals surface area contributed by atoms with Gasteiger partial charge in [-0.2, -0.15) is 0 Å². The average Bonchev–Trinajstić information content (AvgIpc) is 3.47. The Morgan fingerprint density at radius 3 is 2.38 bits per heavy atom. The van der Waals surface area contributed by atoms with Crippen molar-refractivity contribution >= 4 is 29.9 Å². The SMILES string of the molecule is Cc1nnc(CN=C(NC2CCCC2)NC2CCN(CC3CCCC3)C2)n1C.I. The van der Waals surface area contributed by atoms with Crippen molar-refractivity contribution in [1.82, 2.24) is 30.3 Å². The summed E-state index contributed by atoms with van der Waals surface area (Å²) >= 11 is 0. The highest BCUT2D eigenvalue weighted by Gasteiger charge is 2.27. The normalized spacial score (nSPS) is 24.2. The Morgan fingerprint density at radius 1 is 1.00 bits per heavy atom. The lowest BCUT2D eigenvalue weighted by molar-refractivity contribution is 0.275. The maximum atomic E-state index is 4.88. The number of aromatic nitrogens is 3. The molecular formula is C21H38IN7. The second kappa shape index (κ2) is 10.9. The maximum Gasteiger partial charge on any atom is 0.192 e. The molecule has 0 spiro atoms. The number of guanidine groups is 1. The van der Waals surface area contributed by atoms with Crippen LogP contribution in [0.15, 0.2) is 4.99 Å². The standard InChI is InChI=1S/C21H37N7.HI/c1-16-25-26-20(27(16)2)13-22-21(23-18-9-5-6-10-18)24-19-11-12-28(15-19)14-17-7-3-4-8-17;/h17-19H,3-15H2,1-2H3,(H2,22,23,24);1H. The molecule has 2 N–H and O–H groups in total. The van der Waals surface area contributed by atoms with Gasteiger partial charge in [0.2, 0.25) is 0 Å². The van der Waals surface area contributed by atoms with E-state index in [0.29, 0.717) is 18.6 Å². The number of likely N-dealkylation sites (tertiary alicyclic amines) is 1. The number of nitrogens with one attached hydrogen (secondary N) is 2. The molecule has 0 aromatic carbocycles. The van der Waals surface area contributed by atoms with Gasteiger partial charge in [-0.1, -0.05) is 25.7 Å². The van der Waals surface area contributed by atoms with Crippen LogP contribution >= 0.6 is 24.0 Å². The van der Waals surface area contributed by atoms with E-state index < -0.39 is 0 Å². The Balaban J connectivity index is 0.00000240. The van der Waals surface area contributed by atoms with Crippen molar-refractivity contribution in [3.05, 3.63) is 11.6 Å². The first-order valence-electron chi connectivity index (χ1n) is 11.3. The molecule has 1 aromatic heterocycles. The second-order valence-corrected chi connectivity index (χ2v) is 9.05. The number of aliphatic imine (C=N–C) groups is 1. The molecule has 0 radical (unpaired) electrons. The number of hydrogen-bond donors (Lipinski definition) is 2. The summed E-state index contributed by atoms with van der Waals surface area (Å²) in [5.41, 5.74) is 0. The molecule has 2 saturated carbocycles. The summed E-state index contributed by atoms with van der Waals surface area (Å²) in [6.07, 6.45) is 12.1. The van der Waals surface area contributed by atoms with Crippen molar-refractivity contribution in [3.63, 3.8) is 0 Å². The summed E-state index contributed by atoms with van der Waals surface area (Å²) in [7, 11) is 2.01. The number of rotatable bonds is 6. The van der Waals surface area contributed by atoms with Gasteiger partial charge in [-0.3, -0.25) is 0 Å². The largest absolute Gasteiger partial charge is 0.354 e. The number of aryl methyl sites for hydroxylation is 1. The average molecular weight is 515 g/mol. The van der Waals surface area contributed by atoms with Crippen molar-refractivity contribution < 1.29 is 0 Å². The fourth-order valence-electron chi connectivity index (χ4n) is 5.00. The van der Waals surface area contributed by atoms with Crippen LogP contribution in [0.4, 0.5) is 0 Å². The maximum absolute atomic E-state index is 4.88. The Labute approximate surface area is 192 Å². The third kappa shape index (κ3) is 6.29. The van der Waals surface area contributed by atoms with Gasteiger partial charge in [-0.05, 0) is 44.9 Å². The predicted molar refractivity (Wildman–Crippen MR) is 128 cm³/mol. The minimum Gasteiger partial charge on any atom is -0.354 e. The zero-order valence-corrected chi connectivity index (χ0v) is 20.4.